The maximum atomic E-state index is 13.9. The summed E-state index contributed by atoms with van der Waals surface area (Å²) in [5, 5.41) is 2.89. The van der Waals surface area contributed by atoms with Gasteiger partial charge in [0.05, 0.1) is 10.6 Å². The quantitative estimate of drug-likeness (QED) is 0.380. The Hall–Kier alpha value is -3.65. The molecule has 0 spiro atoms. The van der Waals surface area contributed by atoms with E-state index in [4.69, 9.17) is 0 Å². The first-order chi connectivity index (χ1) is 17.8. The zero-order valence-electron chi connectivity index (χ0n) is 21.6. The van der Waals surface area contributed by atoms with Gasteiger partial charge in [-0.2, -0.15) is 0 Å². The number of para-hydroxylation sites is 1. The van der Waals surface area contributed by atoms with Crippen molar-refractivity contribution in [3.8, 4) is 0 Å². The van der Waals surface area contributed by atoms with E-state index in [0.29, 0.717) is 18.7 Å². The van der Waals surface area contributed by atoms with Gasteiger partial charge in [0.25, 0.3) is 10.0 Å². The number of hydrogen-bond acceptors (Lipinski definition) is 4. The number of carbonyl (C=O) groups excluding carboxylic acids is 2. The van der Waals surface area contributed by atoms with E-state index in [1.165, 1.54) is 17.0 Å². The zero-order valence-corrected chi connectivity index (χ0v) is 22.4. The van der Waals surface area contributed by atoms with E-state index >= 15 is 0 Å². The normalized spacial score (nSPS) is 12.0. The molecule has 1 N–H and O–H groups in total. The number of aryl methyl sites for hydroxylation is 1. The zero-order chi connectivity index (χ0) is 26.8. The van der Waals surface area contributed by atoms with Gasteiger partial charge in [0.1, 0.15) is 12.6 Å². The molecule has 1 atom stereocenters. The van der Waals surface area contributed by atoms with Crippen LogP contribution in [0.1, 0.15) is 37.8 Å². The molecule has 3 aromatic rings. The molecule has 8 heteroatoms. The molecular weight excluding hydrogens is 486 g/mol. The third kappa shape index (κ3) is 6.98. The lowest BCUT2D eigenvalue weighted by atomic mass is 10.1. The van der Waals surface area contributed by atoms with Crippen molar-refractivity contribution in [3.05, 3.63) is 96.1 Å². The second kappa shape index (κ2) is 13.1. The lowest BCUT2D eigenvalue weighted by Crippen LogP contribution is -2.52. The first-order valence-corrected chi connectivity index (χ1v) is 14.0. The molecular formula is C29H35N3O4S. The fourth-order valence-electron chi connectivity index (χ4n) is 4.14. The highest BCUT2D eigenvalue weighted by atomic mass is 32.2. The number of sulfonamides is 1. The molecule has 0 aliphatic heterocycles. The van der Waals surface area contributed by atoms with E-state index < -0.39 is 28.5 Å². The van der Waals surface area contributed by atoms with Crippen LogP contribution in [0, 0.1) is 6.92 Å². The number of anilines is 1. The van der Waals surface area contributed by atoms with Crippen molar-refractivity contribution in [1.29, 1.82) is 0 Å². The highest BCUT2D eigenvalue weighted by molar-refractivity contribution is 7.92. The lowest BCUT2D eigenvalue weighted by molar-refractivity contribution is -0.140. The summed E-state index contributed by atoms with van der Waals surface area (Å²) in [6, 6.07) is 23.8. The Bertz CT molecular complexity index is 1280. The Kier molecular flexibility index (Phi) is 9.85. The summed E-state index contributed by atoms with van der Waals surface area (Å²) < 4.78 is 28.7. The van der Waals surface area contributed by atoms with Crippen molar-refractivity contribution in [2.24, 2.45) is 0 Å². The molecule has 0 saturated carbocycles. The molecule has 3 rings (SSSR count). The van der Waals surface area contributed by atoms with Gasteiger partial charge in [-0.05, 0) is 49.1 Å². The van der Waals surface area contributed by atoms with E-state index in [0.717, 1.165) is 21.9 Å². The topological polar surface area (TPSA) is 86.8 Å². The maximum absolute atomic E-state index is 13.9. The molecule has 0 aromatic heterocycles. The van der Waals surface area contributed by atoms with Crippen molar-refractivity contribution >= 4 is 27.5 Å². The molecule has 0 fully saturated rings. The fourth-order valence-corrected chi connectivity index (χ4v) is 5.64. The van der Waals surface area contributed by atoms with Gasteiger partial charge in [0.2, 0.25) is 11.8 Å². The van der Waals surface area contributed by atoms with E-state index in [1.807, 2.05) is 63.2 Å². The van der Waals surface area contributed by atoms with Crippen LogP contribution >= 0.6 is 0 Å². The molecule has 0 heterocycles. The second-order valence-electron chi connectivity index (χ2n) is 8.83. The van der Waals surface area contributed by atoms with Gasteiger partial charge >= 0.3 is 0 Å². The lowest BCUT2D eigenvalue weighted by Gasteiger charge is -2.33. The molecule has 0 unspecified atom stereocenters. The first kappa shape index (κ1) is 27.9. The van der Waals surface area contributed by atoms with Crippen LogP contribution in [0.15, 0.2) is 89.8 Å². The SMILES string of the molecule is CCCNC(=O)[C@@H](CC)N(Cc1ccccc1)C(=O)CN(c1ccccc1C)S(=O)(=O)c1ccccc1. The average molecular weight is 522 g/mol. The van der Waals surface area contributed by atoms with Crippen molar-refractivity contribution in [2.75, 3.05) is 17.4 Å². The summed E-state index contributed by atoms with van der Waals surface area (Å²) in [5.74, 6) is -0.702. The predicted octanol–water partition coefficient (Wildman–Crippen LogP) is 4.52. The van der Waals surface area contributed by atoms with Gasteiger partial charge < -0.3 is 10.2 Å². The van der Waals surface area contributed by atoms with Crippen LogP contribution in [0.2, 0.25) is 0 Å². The minimum atomic E-state index is -4.06. The molecule has 37 heavy (non-hydrogen) atoms. The minimum absolute atomic E-state index is 0.0911. The van der Waals surface area contributed by atoms with Crippen LogP contribution in [0.5, 0.6) is 0 Å². The van der Waals surface area contributed by atoms with Crippen LogP contribution in [-0.2, 0) is 26.2 Å². The highest BCUT2D eigenvalue weighted by Crippen LogP contribution is 2.27. The molecule has 3 aromatic carbocycles. The first-order valence-electron chi connectivity index (χ1n) is 12.5. The van der Waals surface area contributed by atoms with Gasteiger partial charge in [-0.15, -0.1) is 0 Å². The molecule has 196 valence electrons. The molecule has 0 radical (unpaired) electrons. The van der Waals surface area contributed by atoms with Crippen LogP contribution in [0.25, 0.3) is 0 Å². The van der Waals surface area contributed by atoms with Crippen molar-refractivity contribution in [2.45, 2.75) is 51.1 Å². The predicted molar refractivity (Wildman–Crippen MR) is 147 cm³/mol. The van der Waals surface area contributed by atoms with E-state index in [9.17, 15) is 18.0 Å². The number of benzene rings is 3. The summed E-state index contributed by atoms with van der Waals surface area (Å²) in [6.45, 7) is 5.86. The largest absolute Gasteiger partial charge is 0.354 e. The molecule has 0 aliphatic rings. The van der Waals surface area contributed by atoms with Gasteiger partial charge in [0, 0.05) is 13.1 Å². The number of carbonyl (C=O) groups is 2. The van der Waals surface area contributed by atoms with Crippen LogP contribution in [0.3, 0.4) is 0 Å². The third-order valence-corrected chi connectivity index (χ3v) is 7.90. The second-order valence-corrected chi connectivity index (χ2v) is 10.7. The third-order valence-electron chi connectivity index (χ3n) is 6.13. The minimum Gasteiger partial charge on any atom is -0.354 e. The Morgan fingerprint density at radius 2 is 1.46 bits per heavy atom. The molecule has 7 nitrogen and oxygen atoms in total. The van der Waals surface area contributed by atoms with Crippen molar-refractivity contribution in [3.63, 3.8) is 0 Å². The van der Waals surface area contributed by atoms with Crippen molar-refractivity contribution in [1.82, 2.24) is 10.2 Å². The van der Waals surface area contributed by atoms with Crippen LogP contribution < -0.4 is 9.62 Å². The Morgan fingerprint density at radius 3 is 2.05 bits per heavy atom. The number of nitrogens with one attached hydrogen (secondary N) is 1. The number of amides is 2. The Labute approximate surface area is 220 Å². The summed E-state index contributed by atoms with van der Waals surface area (Å²) >= 11 is 0. The maximum Gasteiger partial charge on any atom is 0.264 e. The molecule has 0 aliphatic carbocycles. The van der Waals surface area contributed by atoms with E-state index in [1.54, 1.807) is 30.3 Å². The standard InChI is InChI=1S/C29H35N3O4S/c1-4-20-30-29(34)26(5-2)31(21-24-15-8-6-9-16-24)28(33)22-32(27-19-13-12-14-23(27)3)37(35,36)25-17-10-7-11-18-25/h6-19,26H,4-5,20-22H2,1-3H3,(H,30,34)/t26-/m1/s1. The van der Waals surface area contributed by atoms with Gasteiger partial charge in [-0.1, -0.05) is 80.6 Å². The monoisotopic (exact) mass is 521 g/mol. The summed E-state index contributed by atoms with van der Waals surface area (Å²) in [6.07, 6.45) is 1.16. The number of rotatable bonds is 12. The van der Waals surface area contributed by atoms with E-state index in [-0.39, 0.29) is 17.3 Å². The summed E-state index contributed by atoms with van der Waals surface area (Å²) in [5.41, 5.74) is 1.99. The highest BCUT2D eigenvalue weighted by Gasteiger charge is 2.33. The van der Waals surface area contributed by atoms with Crippen LogP contribution in [0.4, 0.5) is 5.69 Å². The van der Waals surface area contributed by atoms with Crippen molar-refractivity contribution < 1.29 is 18.0 Å². The summed E-state index contributed by atoms with van der Waals surface area (Å²) in [4.78, 5) is 28.6. The van der Waals surface area contributed by atoms with Gasteiger partial charge in [0.15, 0.2) is 0 Å². The van der Waals surface area contributed by atoms with Gasteiger partial charge in [-0.25, -0.2) is 8.42 Å². The molecule has 2 amide bonds. The fraction of sp³-hybridized carbons (Fsp3) is 0.310. The average Bonchev–Trinajstić information content (AvgIpc) is 2.91. The van der Waals surface area contributed by atoms with Gasteiger partial charge in [-0.3, -0.25) is 13.9 Å². The Morgan fingerprint density at radius 1 is 0.865 bits per heavy atom. The Balaban J connectivity index is 2.04. The summed E-state index contributed by atoms with van der Waals surface area (Å²) in [7, 11) is -4.06. The van der Waals surface area contributed by atoms with E-state index in [2.05, 4.69) is 5.32 Å². The number of hydrogen-bond donors (Lipinski definition) is 1. The molecule has 0 bridgehead atoms. The molecule has 0 saturated heterocycles. The smallest absolute Gasteiger partial charge is 0.264 e. The number of nitrogens with zero attached hydrogens (tertiary/aromatic N) is 2. The van der Waals surface area contributed by atoms with Crippen LogP contribution in [-0.4, -0.2) is 44.3 Å².